The lowest BCUT2D eigenvalue weighted by atomic mass is 10.1. The normalized spacial score (nSPS) is 10.8. The lowest BCUT2D eigenvalue weighted by Gasteiger charge is -2.08. The molecule has 0 bridgehead atoms. The van der Waals surface area contributed by atoms with Gasteiger partial charge >= 0.3 is 0 Å². The third kappa shape index (κ3) is 2.48. The van der Waals surface area contributed by atoms with Crippen LogP contribution >= 0.6 is 0 Å². The quantitative estimate of drug-likeness (QED) is 0.732. The van der Waals surface area contributed by atoms with Gasteiger partial charge in [0.15, 0.2) is 0 Å². The smallest absolute Gasteiger partial charge is 0.123 e. The Morgan fingerprint density at radius 2 is 1.68 bits per heavy atom. The van der Waals surface area contributed by atoms with E-state index in [-0.39, 0.29) is 0 Å². The zero-order valence-corrected chi connectivity index (χ0v) is 11.0. The topological polar surface area (TPSA) is 25.2 Å². The van der Waals surface area contributed by atoms with Crippen molar-refractivity contribution in [1.82, 2.24) is 0 Å². The van der Waals surface area contributed by atoms with Crippen LogP contribution in [0.2, 0.25) is 0 Å². The number of hydrogen-bond donors (Lipinski definition) is 1. The van der Waals surface area contributed by atoms with Crippen LogP contribution in [0.1, 0.15) is 18.4 Å². The van der Waals surface area contributed by atoms with E-state index in [0.717, 1.165) is 23.6 Å². The molecule has 0 aliphatic heterocycles. The highest BCUT2D eigenvalue weighted by Gasteiger charge is 2.02. The lowest BCUT2D eigenvalue weighted by Crippen LogP contribution is -1.98. The van der Waals surface area contributed by atoms with Gasteiger partial charge in [0, 0.05) is 17.5 Å². The van der Waals surface area contributed by atoms with Crippen LogP contribution in [0.15, 0.2) is 59.0 Å². The van der Waals surface area contributed by atoms with E-state index >= 15 is 0 Å². The van der Waals surface area contributed by atoms with Gasteiger partial charge in [-0.2, -0.15) is 0 Å². The minimum Gasteiger partial charge on any atom is -0.464 e. The molecular formula is C17H17NO. The number of anilines is 1. The summed E-state index contributed by atoms with van der Waals surface area (Å²) in [5.74, 6) is 2.01. The fourth-order valence-electron chi connectivity index (χ4n) is 2.27. The average Bonchev–Trinajstić information content (AvgIpc) is 2.93. The van der Waals surface area contributed by atoms with Gasteiger partial charge in [0.1, 0.15) is 11.5 Å². The number of aryl methyl sites for hydroxylation is 1. The van der Waals surface area contributed by atoms with Crippen molar-refractivity contribution in [2.75, 3.05) is 5.32 Å². The standard InChI is InChI=1S/C17H17NO/c1-2-14-10-11-15(19-14)12-18-17-9-5-7-13-6-3-4-8-16(13)17/h3-11,18H,2,12H2,1H3. The van der Waals surface area contributed by atoms with Gasteiger partial charge in [-0.25, -0.2) is 0 Å². The minimum absolute atomic E-state index is 0.716. The van der Waals surface area contributed by atoms with Crippen molar-refractivity contribution in [2.45, 2.75) is 19.9 Å². The van der Waals surface area contributed by atoms with Crippen LogP contribution < -0.4 is 5.32 Å². The molecule has 0 amide bonds. The maximum Gasteiger partial charge on any atom is 0.123 e. The summed E-state index contributed by atoms with van der Waals surface area (Å²) in [6, 6.07) is 18.8. The Kier molecular flexibility index (Phi) is 3.23. The first kappa shape index (κ1) is 11.8. The largest absolute Gasteiger partial charge is 0.464 e. The van der Waals surface area contributed by atoms with Crippen molar-refractivity contribution in [3.05, 3.63) is 66.1 Å². The van der Waals surface area contributed by atoms with Crippen molar-refractivity contribution >= 4 is 16.5 Å². The van der Waals surface area contributed by atoms with Crippen molar-refractivity contribution in [3.63, 3.8) is 0 Å². The summed E-state index contributed by atoms with van der Waals surface area (Å²) in [5, 5.41) is 5.94. The first-order chi connectivity index (χ1) is 9.36. The van der Waals surface area contributed by atoms with Gasteiger partial charge in [0.25, 0.3) is 0 Å². The molecule has 1 heterocycles. The molecule has 2 aromatic carbocycles. The summed E-state index contributed by atoms with van der Waals surface area (Å²) in [6.45, 7) is 2.81. The Balaban J connectivity index is 1.81. The fraction of sp³-hybridized carbons (Fsp3) is 0.176. The maximum absolute atomic E-state index is 5.70. The monoisotopic (exact) mass is 251 g/mol. The van der Waals surface area contributed by atoms with Gasteiger partial charge in [-0.15, -0.1) is 0 Å². The summed E-state index contributed by atoms with van der Waals surface area (Å²) in [6.07, 6.45) is 0.939. The van der Waals surface area contributed by atoms with Crippen LogP contribution in [0.5, 0.6) is 0 Å². The van der Waals surface area contributed by atoms with E-state index in [2.05, 4.69) is 54.7 Å². The van der Waals surface area contributed by atoms with Gasteiger partial charge in [-0.05, 0) is 23.6 Å². The predicted molar refractivity (Wildman–Crippen MR) is 79.4 cm³/mol. The van der Waals surface area contributed by atoms with Crippen LogP contribution in [0, 0.1) is 0 Å². The van der Waals surface area contributed by atoms with Gasteiger partial charge in [-0.3, -0.25) is 0 Å². The molecule has 2 heteroatoms. The second-order valence-corrected chi connectivity index (χ2v) is 4.60. The molecular weight excluding hydrogens is 234 g/mol. The van der Waals surface area contributed by atoms with Crippen LogP contribution in [0.25, 0.3) is 10.8 Å². The Hall–Kier alpha value is -2.22. The van der Waals surface area contributed by atoms with Crippen molar-refractivity contribution in [1.29, 1.82) is 0 Å². The molecule has 96 valence electrons. The minimum atomic E-state index is 0.716. The summed E-state index contributed by atoms with van der Waals surface area (Å²) in [4.78, 5) is 0. The molecule has 0 spiro atoms. The van der Waals surface area contributed by atoms with Crippen LogP contribution in [-0.4, -0.2) is 0 Å². The number of furan rings is 1. The van der Waals surface area contributed by atoms with E-state index in [1.807, 2.05) is 12.1 Å². The molecule has 0 atom stereocenters. The molecule has 1 aromatic heterocycles. The number of benzene rings is 2. The predicted octanol–water partition coefficient (Wildman–Crippen LogP) is 4.61. The molecule has 0 saturated carbocycles. The second kappa shape index (κ2) is 5.19. The highest BCUT2D eigenvalue weighted by Crippen LogP contribution is 2.23. The Labute approximate surface area is 113 Å². The number of fused-ring (bicyclic) bond motifs is 1. The molecule has 3 rings (SSSR count). The number of hydrogen-bond acceptors (Lipinski definition) is 2. The lowest BCUT2D eigenvalue weighted by molar-refractivity contribution is 0.476. The van der Waals surface area contributed by atoms with Crippen LogP contribution in [0.4, 0.5) is 5.69 Å². The van der Waals surface area contributed by atoms with E-state index in [4.69, 9.17) is 4.42 Å². The Morgan fingerprint density at radius 3 is 2.53 bits per heavy atom. The van der Waals surface area contributed by atoms with Crippen LogP contribution in [-0.2, 0) is 13.0 Å². The second-order valence-electron chi connectivity index (χ2n) is 4.60. The molecule has 0 aliphatic rings. The molecule has 0 aliphatic carbocycles. The third-order valence-corrected chi connectivity index (χ3v) is 3.31. The van der Waals surface area contributed by atoms with E-state index in [1.165, 1.54) is 10.8 Å². The third-order valence-electron chi connectivity index (χ3n) is 3.31. The van der Waals surface area contributed by atoms with Gasteiger partial charge in [0.05, 0.1) is 6.54 Å². The van der Waals surface area contributed by atoms with E-state index in [0.29, 0.717) is 6.54 Å². The molecule has 19 heavy (non-hydrogen) atoms. The summed E-state index contributed by atoms with van der Waals surface area (Å²) < 4.78 is 5.70. The first-order valence-corrected chi connectivity index (χ1v) is 6.66. The number of rotatable bonds is 4. The maximum atomic E-state index is 5.70. The van der Waals surface area contributed by atoms with Crippen molar-refractivity contribution in [2.24, 2.45) is 0 Å². The first-order valence-electron chi connectivity index (χ1n) is 6.66. The Bertz CT molecular complexity index is 679. The fourth-order valence-corrected chi connectivity index (χ4v) is 2.27. The van der Waals surface area contributed by atoms with Crippen molar-refractivity contribution < 1.29 is 4.42 Å². The SMILES string of the molecule is CCc1ccc(CNc2cccc3ccccc23)o1. The molecule has 1 N–H and O–H groups in total. The van der Waals surface area contributed by atoms with Crippen LogP contribution in [0.3, 0.4) is 0 Å². The van der Waals surface area contributed by atoms with E-state index in [9.17, 15) is 0 Å². The van der Waals surface area contributed by atoms with Gasteiger partial charge < -0.3 is 9.73 Å². The van der Waals surface area contributed by atoms with Gasteiger partial charge in [0.2, 0.25) is 0 Å². The summed E-state index contributed by atoms with van der Waals surface area (Å²) >= 11 is 0. The average molecular weight is 251 g/mol. The molecule has 3 aromatic rings. The molecule has 0 saturated heterocycles. The molecule has 0 unspecified atom stereocenters. The van der Waals surface area contributed by atoms with E-state index in [1.54, 1.807) is 0 Å². The van der Waals surface area contributed by atoms with E-state index < -0.39 is 0 Å². The summed E-state index contributed by atoms with van der Waals surface area (Å²) in [7, 11) is 0. The highest BCUT2D eigenvalue weighted by molar-refractivity contribution is 5.93. The summed E-state index contributed by atoms with van der Waals surface area (Å²) in [5.41, 5.74) is 1.15. The molecule has 2 nitrogen and oxygen atoms in total. The van der Waals surface area contributed by atoms with Crippen molar-refractivity contribution in [3.8, 4) is 0 Å². The Morgan fingerprint density at radius 1 is 0.895 bits per heavy atom. The molecule has 0 radical (unpaired) electrons. The molecule has 0 fully saturated rings. The van der Waals surface area contributed by atoms with Gasteiger partial charge in [-0.1, -0.05) is 43.3 Å². The number of nitrogens with one attached hydrogen (secondary N) is 1. The highest BCUT2D eigenvalue weighted by atomic mass is 16.3. The zero-order chi connectivity index (χ0) is 13.1. The zero-order valence-electron chi connectivity index (χ0n) is 11.0.